The van der Waals surface area contributed by atoms with E-state index >= 15 is 0 Å². The molecule has 0 fully saturated rings. The molecule has 78 valence electrons. The fraction of sp³-hybridized carbons (Fsp3) is 0.286. The van der Waals surface area contributed by atoms with Crippen molar-refractivity contribution in [1.29, 1.82) is 0 Å². The molecule has 15 heavy (non-hydrogen) atoms. The molecule has 0 aliphatic carbocycles. The van der Waals surface area contributed by atoms with E-state index in [2.05, 4.69) is 23.7 Å². The maximum atomic E-state index is 9.18. The van der Waals surface area contributed by atoms with E-state index < -0.39 is 0 Å². The molecule has 0 aliphatic heterocycles. The predicted molar refractivity (Wildman–Crippen MR) is 64.9 cm³/mol. The van der Waals surface area contributed by atoms with E-state index in [1.54, 1.807) is 19.1 Å². The summed E-state index contributed by atoms with van der Waals surface area (Å²) < 4.78 is 0. The number of aliphatic hydroxyl groups is 1. The molecule has 0 aromatic rings. The monoisotopic (exact) mass is 200 g/mol. The van der Waals surface area contributed by atoms with Crippen molar-refractivity contribution in [1.82, 2.24) is 0 Å². The summed E-state index contributed by atoms with van der Waals surface area (Å²) in [4.78, 5) is 0. The first-order valence-corrected chi connectivity index (χ1v) is 4.91. The normalized spacial score (nSPS) is 12.5. The highest BCUT2D eigenvalue weighted by Gasteiger charge is 1.88. The molecule has 0 saturated carbocycles. The summed E-state index contributed by atoms with van der Waals surface area (Å²) >= 11 is 0. The second kappa shape index (κ2) is 10.4. The third kappa shape index (κ3) is 10.2. The topological polar surface area (TPSA) is 20.2 Å². The van der Waals surface area contributed by atoms with Gasteiger partial charge in [0.15, 0.2) is 0 Å². The molecule has 1 N–H and O–H groups in total. The number of hydrogen-bond acceptors (Lipinski definition) is 1. The van der Waals surface area contributed by atoms with Gasteiger partial charge in [-0.2, -0.15) is 0 Å². The van der Waals surface area contributed by atoms with Gasteiger partial charge in [0.1, 0.15) is 0 Å². The zero-order valence-electron chi connectivity index (χ0n) is 9.20. The van der Waals surface area contributed by atoms with E-state index in [-0.39, 0.29) is 6.10 Å². The van der Waals surface area contributed by atoms with Gasteiger partial charge in [0.05, 0.1) is 6.10 Å². The van der Waals surface area contributed by atoms with Crippen LogP contribution in [0.15, 0.2) is 36.5 Å². The fourth-order valence-electron chi connectivity index (χ4n) is 0.701. The van der Waals surface area contributed by atoms with Crippen molar-refractivity contribution in [3.8, 4) is 23.7 Å². The summed E-state index contributed by atoms with van der Waals surface area (Å²) in [7, 11) is 0. The number of rotatable bonds is 4. The Kier molecular flexibility index (Phi) is 9.20. The Morgan fingerprint density at radius 1 is 1.13 bits per heavy atom. The molecular weight excluding hydrogens is 184 g/mol. The molecule has 1 heteroatoms. The lowest BCUT2D eigenvalue weighted by atomic mass is 10.2. The van der Waals surface area contributed by atoms with Gasteiger partial charge in [0.25, 0.3) is 0 Å². The van der Waals surface area contributed by atoms with Crippen LogP contribution in [0.4, 0.5) is 0 Å². The van der Waals surface area contributed by atoms with E-state index in [1.807, 2.05) is 31.2 Å². The summed E-state index contributed by atoms with van der Waals surface area (Å²) in [5, 5.41) is 9.18. The van der Waals surface area contributed by atoms with Crippen LogP contribution in [0.25, 0.3) is 0 Å². The molecule has 1 unspecified atom stereocenters. The molecule has 0 radical (unpaired) electrons. The van der Waals surface area contributed by atoms with Crippen LogP contribution in [0.1, 0.15) is 20.3 Å². The highest BCUT2D eigenvalue weighted by Crippen LogP contribution is 1.91. The van der Waals surface area contributed by atoms with Crippen LogP contribution in [0.2, 0.25) is 0 Å². The summed E-state index contributed by atoms with van der Waals surface area (Å²) in [5.74, 6) is 10.8. The van der Waals surface area contributed by atoms with Crippen LogP contribution in [-0.2, 0) is 0 Å². The maximum absolute atomic E-state index is 9.18. The number of aliphatic hydroxyl groups excluding tert-OH is 1. The molecule has 0 aromatic carbocycles. The van der Waals surface area contributed by atoms with Crippen LogP contribution in [0.5, 0.6) is 0 Å². The summed E-state index contributed by atoms with van der Waals surface area (Å²) in [6, 6.07) is 0. The Balaban J connectivity index is 3.85. The van der Waals surface area contributed by atoms with Gasteiger partial charge in [-0.3, -0.25) is 0 Å². The fourth-order valence-corrected chi connectivity index (χ4v) is 0.701. The van der Waals surface area contributed by atoms with E-state index in [9.17, 15) is 5.11 Å². The zero-order valence-corrected chi connectivity index (χ0v) is 9.20. The standard InChI is InChI=1S/C14H16O/c1-3-5-6-7-8-9-10-11-12-13-14(15)4-2/h8-15H,4H2,1-2H3. The Morgan fingerprint density at radius 2 is 1.87 bits per heavy atom. The predicted octanol–water partition coefficient (Wildman–Crippen LogP) is 2.45. The number of allylic oxidation sites excluding steroid dienone is 5. The van der Waals surface area contributed by atoms with E-state index in [0.29, 0.717) is 0 Å². The van der Waals surface area contributed by atoms with E-state index in [1.165, 1.54) is 0 Å². The lowest BCUT2D eigenvalue weighted by molar-refractivity contribution is 0.219. The first kappa shape index (κ1) is 13.3. The maximum Gasteiger partial charge on any atom is 0.0721 e. The molecule has 0 heterocycles. The van der Waals surface area contributed by atoms with Crippen molar-refractivity contribution >= 4 is 0 Å². The van der Waals surface area contributed by atoms with E-state index in [4.69, 9.17) is 0 Å². The van der Waals surface area contributed by atoms with Crippen LogP contribution in [0.3, 0.4) is 0 Å². The summed E-state index contributed by atoms with van der Waals surface area (Å²) in [6.45, 7) is 3.69. The largest absolute Gasteiger partial charge is 0.389 e. The first-order valence-electron chi connectivity index (χ1n) is 4.91. The first-order chi connectivity index (χ1) is 7.31. The van der Waals surface area contributed by atoms with Gasteiger partial charge in [0, 0.05) is 0 Å². The van der Waals surface area contributed by atoms with Gasteiger partial charge >= 0.3 is 0 Å². The highest BCUT2D eigenvalue weighted by molar-refractivity contribution is 5.31. The molecule has 0 amide bonds. The van der Waals surface area contributed by atoms with E-state index in [0.717, 1.165) is 6.42 Å². The van der Waals surface area contributed by atoms with Crippen molar-refractivity contribution in [2.24, 2.45) is 0 Å². The Hall–Kier alpha value is -1.70. The minimum atomic E-state index is -0.349. The van der Waals surface area contributed by atoms with Gasteiger partial charge in [-0.25, -0.2) is 0 Å². The van der Waals surface area contributed by atoms with Gasteiger partial charge in [-0.15, -0.1) is 0 Å². The molecular formula is C14H16O. The molecule has 0 saturated heterocycles. The van der Waals surface area contributed by atoms with Gasteiger partial charge in [-0.05, 0) is 31.3 Å². The second-order valence-corrected chi connectivity index (χ2v) is 2.75. The number of hydrogen-bond donors (Lipinski definition) is 1. The lowest BCUT2D eigenvalue weighted by Gasteiger charge is -1.95. The third-order valence-electron chi connectivity index (χ3n) is 1.52. The summed E-state index contributed by atoms with van der Waals surface area (Å²) in [6.07, 6.45) is 11.2. The smallest absolute Gasteiger partial charge is 0.0721 e. The van der Waals surface area contributed by atoms with Crippen molar-refractivity contribution in [3.63, 3.8) is 0 Å². The van der Waals surface area contributed by atoms with Crippen molar-refractivity contribution in [3.05, 3.63) is 36.5 Å². The molecule has 0 spiro atoms. The lowest BCUT2D eigenvalue weighted by Crippen LogP contribution is -1.97. The minimum absolute atomic E-state index is 0.349. The van der Waals surface area contributed by atoms with Crippen LogP contribution >= 0.6 is 0 Å². The van der Waals surface area contributed by atoms with Crippen LogP contribution < -0.4 is 0 Å². The second-order valence-electron chi connectivity index (χ2n) is 2.75. The average molecular weight is 200 g/mol. The van der Waals surface area contributed by atoms with Crippen LogP contribution in [-0.4, -0.2) is 11.2 Å². The van der Waals surface area contributed by atoms with Crippen molar-refractivity contribution in [2.45, 2.75) is 26.4 Å². The molecule has 1 atom stereocenters. The highest BCUT2D eigenvalue weighted by atomic mass is 16.3. The Bertz CT molecular complexity index is 350. The van der Waals surface area contributed by atoms with Gasteiger partial charge < -0.3 is 5.11 Å². The average Bonchev–Trinajstić information content (AvgIpc) is 2.26. The molecule has 1 nitrogen and oxygen atoms in total. The Morgan fingerprint density at radius 3 is 2.53 bits per heavy atom. The third-order valence-corrected chi connectivity index (χ3v) is 1.52. The molecule has 0 aliphatic rings. The van der Waals surface area contributed by atoms with Crippen LogP contribution in [0, 0.1) is 23.7 Å². The van der Waals surface area contributed by atoms with Crippen molar-refractivity contribution in [2.75, 3.05) is 0 Å². The van der Waals surface area contributed by atoms with Gasteiger partial charge in [0.2, 0.25) is 0 Å². The zero-order chi connectivity index (χ0) is 11.4. The quantitative estimate of drug-likeness (QED) is 0.546. The minimum Gasteiger partial charge on any atom is -0.389 e. The van der Waals surface area contributed by atoms with Gasteiger partial charge in [-0.1, -0.05) is 49.1 Å². The molecule has 0 bridgehead atoms. The molecule has 0 aromatic heterocycles. The summed E-state index contributed by atoms with van der Waals surface area (Å²) in [5.41, 5.74) is 0. The van der Waals surface area contributed by atoms with Crippen molar-refractivity contribution < 1.29 is 5.11 Å². The SMILES string of the molecule is CC#CC#CC=CC=CC=CC(O)CC. The molecule has 0 rings (SSSR count). The Labute approximate surface area is 92.2 Å².